The lowest BCUT2D eigenvalue weighted by Gasteiger charge is -2.19. The number of H-pyrrole nitrogens is 1. The Bertz CT molecular complexity index is 438. The van der Waals surface area contributed by atoms with Crippen molar-refractivity contribution in [2.24, 2.45) is 7.05 Å². The molecule has 9 heteroatoms. The van der Waals surface area contributed by atoms with E-state index in [9.17, 15) is 5.21 Å². The maximum atomic E-state index is 10.7. The summed E-state index contributed by atoms with van der Waals surface area (Å²) in [5.41, 5.74) is 0. The molecule has 0 aliphatic carbocycles. The molecule has 0 radical (unpaired) electrons. The number of nitrogens with zero attached hydrogens (tertiary/aromatic N) is 5. The zero-order valence-electron chi connectivity index (χ0n) is 7.65. The fourth-order valence-corrected chi connectivity index (χ4v) is 1.79. The number of imidazole rings is 1. The number of hydrogen-bond donors (Lipinski definition) is 2. The predicted molar refractivity (Wildman–Crippen MR) is 51.3 cm³/mol. The van der Waals surface area contributed by atoms with Crippen molar-refractivity contribution in [2.45, 2.75) is 10.2 Å². The lowest BCUT2D eigenvalue weighted by atomic mass is 10.8. The number of rotatable bonds is 3. The van der Waals surface area contributed by atoms with Gasteiger partial charge in [-0.25, -0.2) is 9.97 Å². The van der Waals surface area contributed by atoms with E-state index in [-0.39, 0.29) is 11.0 Å². The van der Waals surface area contributed by atoms with Gasteiger partial charge in [0.15, 0.2) is 11.0 Å². The van der Waals surface area contributed by atoms with Crippen molar-refractivity contribution >= 4 is 17.6 Å². The standard InChI is InChI=1S/C6H7N6O2S/c1-11-3-8-4(12(13)14)5(11)15-6-7-2-9-10-6/h2-3,13H,1H3,(H,7,9,10)/q-1. The molecule has 2 N–H and O–H groups in total. The summed E-state index contributed by atoms with van der Waals surface area (Å²) in [6.45, 7) is 0. The highest BCUT2D eigenvalue weighted by molar-refractivity contribution is 7.99. The van der Waals surface area contributed by atoms with Crippen LogP contribution in [0, 0.1) is 5.21 Å². The second-order valence-electron chi connectivity index (χ2n) is 2.65. The molecule has 2 heterocycles. The first-order valence-corrected chi connectivity index (χ1v) is 4.71. The van der Waals surface area contributed by atoms with Gasteiger partial charge in [0, 0.05) is 7.05 Å². The van der Waals surface area contributed by atoms with Gasteiger partial charge in [0.05, 0.1) is 6.33 Å². The minimum Gasteiger partial charge on any atom is -0.732 e. The van der Waals surface area contributed by atoms with Crippen molar-refractivity contribution in [3.63, 3.8) is 0 Å². The first-order valence-electron chi connectivity index (χ1n) is 3.89. The molecule has 0 bridgehead atoms. The van der Waals surface area contributed by atoms with Gasteiger partial charge in [-0.15, -0.1) is 0 Å². The molecule has 0 aromatic carbocycles. The van der Waals surface area contributed by atoms with Crippen molar-refractivity contribution in [1.29, 1.82) is 0 Å². The zero-order valence-corrected chi connectivity index (χ0v) is 8.47. The summed E-state index contributed by atoms with van der Waals surface area (Å²) in [4.78, 5) is 7.62. The largest absolute Gasteiger partial charge is 0.732 e. The molecule has 80 valence electrons. The van der Waals surface area contributed by atoms with Crippen LogP contribution < -0.4 is 5.23 Å². The van der Waals surface area contributed by atoms with Gasteiger partial charge in [0.2, 0.25) is 0 Å². The van der Waals surface area contributed by atoms with E-state index < -0.39 is 0 Å². The third-order valence-corrected chi connectivity index (χ3v) is 2.69. The summed E-state index contributed by atoms with van der Waals surface area (Å²) < 4.78 is 1.60. The van der Waals surface area contributed by atoms with E-state index in [1.54, 1.807) is 11.6 Å². The molecule has 2 aromatic heterocycles. The fraction of sp³-hybridized carbons (Fsp3) is 0.167. The second kappa shape index (κ2) is 3.88. The molecule has 0 fully saturated rings. The summed E-state index contributed by atoms with van der Waals surface area (Å²) in [5.74, 6) is -0.0705. The number of anilines is 1. The van der Waals surface area contributed by atoms with E-state index in [1.165, 1.54) is 12.7 Å². The van der Waals surface area contributed by atoms with Crippen LogP contribution in [0.5, 0.6) is 0 Å². The van der Waals surface area contributed by atoms with Gasteiger partial charge in [0.1, 0.15) is 11.4 Å². The minimum absolute atomic E-state index is 0.0705. The molecule has 0 aliphatic rings. The minimum atomic E-state index is -0.279. The molecule has 0 saturated carbocycles. The number of nitrogens with one attached hydrogen (secondary N) is 1. The van der Waals surface area contributed by atoms with E-state index >= 15 is 0 Å². The van der Waals surface area contributed by atoms with E-state index in [0.29, 0.717) is 10.2 Å². The second-order valence-corrected chi connectivity index (χ2v) is 3.63. The molecule has 8 nitrogen and oxygen atoms in total. The number of aryl methyl sites for hydroxylation is 1. The molecule has 0 atom stereocenters. The monoisotopic (exact) mass is 227 g/mol. The first-order chi connectivity index (χ1) is 7.18. The Balaban J connectivity index is 2.31. The lowest BCUT2D eigenvalue weighted by Crippen LogP contribution is -2.09. The van der Waals surface area contributed by atoms with Crippen molar-refractivity contribution < 1.29 is 5.21 Å². The Morgan fingerprint density at radius 3 is 3.00 bits per heavy atom. The highest BCUT2D eigenvalue weighted by Crippen LogP contribution is 2.31. The van der Waals surface area contributed by atoms with Crippen LogP contribution in [-0.4, -0.2) is 29.9 Å². The summed E-state index contributed by atoms with van der Waals surface area (Å²) >= 11 is 1.15. The average molecular weight is 227 g/mol. The van der Waals surface area contributed by atoms with Crippen LogP contribution in [0.4, 0.5) is 5.82 Å². The average Bonchev–Trinajstić information content (AvgIpc) is 2.78. The molecular weight excluding hydrogens is 220 g/mol. The van der Waals surface area contributed by atoms with Crippen molar-refractivity contribution in [2.75, 3.05) is 5.23 Å². The van der Waals surface area contributed by atoms with Gasteiger partial charge in [-0.1, -0.05) is 0 Å². The first kappa shape index (κ1) is 9.96. The molecule has 0 aliphatic heterocycles. The molecule has 0 saturated heterocycles. The molecule has 2 rings (SSSR count). The molecule has 0 spiro atoms. The van der Waals surface area contributed by atoms with Gasteiger partial charge in [-0.05, 0) is 11.8 Å². The van der Waals surface area contributed by atoms with Crippen molar-refractivity contribution in [3.05, 3.63) is 17.9 Å². The third kappa shape index (κ3) is 1.93. The summed E-state index contributed by atoms with van der Waals surface area (Å²) in [6.07, 6.45) is 2.78. The molecule has 0 amide bonds. The predicted octanol–water partition coefficient (Wildman–Crippen LogP) is 0.383. The summed E-state index contributed by atoms with van der Waals surface area (Å²) in [7, 11) is 1.71. The van der Waals surface area contributed by atoms with Crippen molar-refractivity contribution in [1.82, 2.24) is 24.7 Å². The van der Waals surface area contributed by atoms with Crippen LogP contribution in [0.15, 0.2) is 22.8 Å². The number of aromatic nitrogens is 5. The van der Waals surface area contributed by atoms with Gasteiger partial charge in [-0.3, -0.25) is 10.3 Å². The summed E-state index contributed by atoms with van der Waals surface area (Å²) in [5, 5.41) is 26.5. The highest BCUT2D eigenvalue weighted by Gasteiger charge is 2.12. The Morgan fingerprint density at radius 2 is 2.40 bits per heavy atom. The van der Waals surface area contributed by atoms with Crippen LogP contribution >= 0.6 is 11.8 Å². The van der Waals surface area contributed by atoms with Crippen LogP contribution in [0.1, 0.15) is 0 Å². The molecule has 15 heavy (non-hydrogen) atoms. The summed E-state index contributed by atoms with van der Waals surface area (Å²) in [6, 6.07) is 0. The Kier molecular flexibility index (Phi) is 2.58. The zero-order chi connectivity index (χ0) is 10.8. The Labute approximate surface area is 88.5 Å². The molecular formula is C6H7N6O2S-. The SMILES string of the molecule is Cn1cnc(N([O-])O)c1Sc1ncn[nH]1. The molecule has 0 unspecified atom stereocenters. The number of hydrogen-bond acceptors (Lipinski definition) is 7. The van der Waals surface area contributed by atoms with E-state index in [4.69, 9.17) is 5.21 Å². The molecule has 2 aromatic rings. The van der Waals surface area contributed by atoms with Crippen LogP contribution in [0.3, 0.4) is 0 Å². The normalized spacial score (nSPS) is 10.6. The fourth-order valence-electron chi connectivity index (χ4n) is 0.991. The van der Waals surface area contributed by atoms with Crippen molar-refractivity contribution in [3.8, 4) is 0 Å². The van der Waals surface area contributed by atoms with Gasteiger partial charge < -0.3 is 15.0 Å². The topological polar surface area (TPSA) is 106 Å². The van der Waals surface area contributed by atoms with Crippen LogP contribution in [0.25, 0.3) is 0 Å². The van der Waals surface area contributed by atoms with Gasteiger partial charge in [0.25, 0.3) is 0 Å². The van der Waals surface area contributed by atoms with Crippen LogP contribution in [-0.2, 0) is 7.05 Å². The van der Waals surface area contributed by atoms with E-state index in [2.05, 4.69) is 20.2 Å². The van der Waals surface area contributed by atoms with E-state index in [1.807, 2.05) is 0 Å². The third-order valence-electron chi connectivity index (χ3n) is 1.63. The van der Waals surface area contributed by atoms with Gasteiger partial charge in [-0.2, -0.15) is 5.10 Å². The Hall–Kier alpha value is -1.58. The maximum absolute atomic E-state index is 10.7. The van der Waals surface area contributed by atoms with Gasteiger partial charge >= 0.3 is 0 Å². The Morgan fingerprint density at radius 1 is 1.60 bits per heavy atom. The maximum Gasteiger partial charge on any atom is 0.189 e. The quantitative estimate of drug-likeness (QED) is 0.730. The van der Waals surface area contributed by atoms with E-state index in [0.717, 1.165) is 11.8 Å². The number of aromatic amines is 1. The lowest BCUT2D eigenvalue weighted by molar-refractivity contribution is 0.291. The van der Waals surface area contributed by atoms with Crippen LogP contribution in [0.2, 0.25) is 0 Å². The highest BCUT2D eigenvalue weighted by atomic mass is 32.2. The smallest absolute Gasteiger partial charge is 0.189 e.